The third-order valence-corrected chi connectivity index (χ3v) is 5.10. The van der Waals surface area contributed by atoms with Crippen molar-refractivity contribution in [2.24, 2.45) is 5.73 Å². The number of rotatable bonds is 17. The Morgan fingerprint density at radius 1 is 0.893 bits per heavy atom. The molecule has 0 spiro atoms. The summed E-state index contributed by atoms with van der Waals surface area (Å²) >= 11 is 0.742. The fraction of sp³-hybridized carbons (Fsp3) is 0.818. The van der Waals surface area contributed by atoms with Gasteiger partial charge in [0, 0.05) is 0 Å². The average Bonchev–Trinajstić information content (AvgIpc) is 2.64. The van der Waals surface area contributed by atoms with Gasteiger partial charge in [0.05, 0.1) is 6.10 Å². The van der Waals surface area contributed by atoms with Gasteiger partial charge in [0.25, 0.3) is 0 Å². The number of aliphatic carboxylic acids is 1. The van der Waals surface area contributed by atoms with Crippen LogP contribution in [0, 0.1) is 0 Å². The summed E-state index contributed by atoms with van der Waals surface area (Å²) in [5.41, 5.74) is 4.91. The van der Waals surface area contributed by atoms with E-state index >= 15 is 0 Å². The molecule has 0 saturated carbocycles. The molecule has 0 fully saturated rings. The number of nitrogens with two attached hydrogens (primary N) is 1. The third kappa shape index (κ3) is 25.8. The first-order chi connectivity index (χ1) is 13.3. The van der Waals surface area contributed by atoms with Gasteiger partial charge in [-0.3, -0.25) is 4.79 Å². The molecule has 160 valence electrons. The van der Waals surface area contributed by atoms with Gasteiger partial charge < -0.3 is 15.9 Å². The fourth-order valence-electron chi connectivity index (χ4n) is 2.65. The topological polar surface area (TPSA) is 101 Å². The molecule has 4 N–H and O–H groups in total. The Hall–Kier alpha value is -0.200. The number of carboxylic acids is 1. The van der Waals surface area contributed by atoms with E-state index in [1.807, 2.05) is 0 Å². The molecule has 0 aliphatic carbocycles. The van der Waals surface area contributed by atoms with Crippen LogP contribution in [-0.4, -0.2) is 59.3 Å². The zero-order valence-electron chi connectivity index (χ0n) is 18.5. The monoisotopic (exact) mass is 407 g/mol. The molecule has 0 amide bonds. The number of carboxylic acid groups (broad SMARTS) is 1. The predicted molar refractivity (Wildman–Crippen MR) is 118 cm³/mol. The van der Waals surface area contributed by atoms with Gasteiger partial charge in [-0.1, -0.05) is 39.0 Å². The van der Waals surface area contributed by atoms with E-state index in [0.29, 0.717) is 3.03 Å². The van der Waals surface area contributed by atoms with Crippen LogP contribution >= 0.6 is 0 Å². The molecule has 6 heteroatoms. The van der Waals surface area contributed by atoms with Crippen LogP contribution in [0.5, 0.6) is 0 Å². The molecule has 0 aromatic carbocycles. The van der Waals surface area contributed by atoms with Crippen LogP contribution in [0.1, 0.15) is 104 Å². The summed E-state index contributed by atoms with van der Waals surface area (Å²) < 4.78 is 0.475. The molecule has 0 aliphatic heterocycles. The predicted octanol–water partition coefficient (Wildman–Crippen LogP) is 4.50. The van der Waals surface area contributed by atoms with Crippen LogP contribution in [0.3, 0.4) is 0 Å². The Morgan fingerprint density at radius 3 is 1.68 bits per heavy atom. The molecule has 28 heavy (non-hydrogen) atoms. The minimum atomic E-state index is -1.18. The summed E-state index contributed by atoms with van der Waals surface area (Å²) in [4.78, 5) is 20.7. The van der Waals surface area contributed by atoms with Crippen molar-refractivity contribution in [2.75, 3.05) is 0 Å². The summed E-state index contributed by atoms with van der Waals surface area (Å²) in [6.07, 6.45) is 21.8. The quantitative estimate of drug-likeness (QED) is 0.187. The van der Waals surface area contributed by atoms with Crippen molar-refractivity contribution >= 4 is 36.9 Å². The Morgan fingerprint density at radius 2 is 1.32 bits per heavy atom. The van der Waals surface area contributed by atoms with Crippen LogP contribution in [-0.2, 0) is 9.59 Å². The van der Waals surface area contributed by atoms with Crippen molar-refractivity contribution in [1.82, 2.24) is 0 Å². The second-order valence-corrected chi connectivity index (χ2v) is 8.76. The number of unbranched alkanes of at least 4 members (excludes halogenated alkanes) is 11. The maximum absolute atomic E-state index is 10.8. The molecule has 5 nitrogen and oxygen atoms in total. The minimum absolute atomic E-state index is 0.475. The van der Waals surface area contributed by atoms with E-state index in [-0.39, 0.29) is 0 Å². The first-order valence-electron chi connectivity index (χ1n) is 11.1. The van der Waals surface area contributed by atoms with Crippen molar-refractivity contribution < 1.29 is 19.8 Å². The van der Waals surface area contributed by atoms with Gasteiger partial charge in [0.2, 0.25) is 0 Å². The standard InChI is InChI=1S/C18H33O.C4H9NO3.Na/c1-2-3-4-5-6-7-8-9-10-11-12-13-14-15-16-17-18-19;1-2(6)3(5)4(7)8;/h9-10H,2-8,11-17H2,1H3;2-3,6H,5H2,1H3,(H,7,8);/b10-9-;;. The van der Waals surface area contributed by atoms with Crippen molar-refractivity contribution in [2.45, 2.75) is 116 Å². The summed E-state index contributed by atoms with van der Waals surface area (Å²) in [6.45, 7) is 3.60. The summed E-state index contributed by atoms with van der Waals surface area (Å²) in [7, 11) is 0. The number of carbonyl (C=O) groups excluding carboxylic acids is 1. The summed E-state index contributed by atoms with van der Waals surface area (Å²) in [6, 6.07) is -1.16. The van der Waals surface area contributed by atoms with E-state index < -0.39 is 18.1 Å². The summed E-state index contributed by atoms with van der Waals surface area (Å²) in [5.74, 6) is -1.18. The van der Waals surface area contributed by atoms with E-state index in [2.05, 4.69) is 19.1 Å². The van der Waals surface area contributed by atoms with E-state index in [1.54, 1.807) is 0 Å². The number of allylic oxidation sites excluding steroid dienone is 2. The number of aliphatic hydroxyl groups excluding tert-OH is 1. The second kappa shape index (κ2) is 23.1. The van der Waals surface area contributed by atoms with Crippen molar-refractivity contribution in [1.29, 1.82) is 0 Å². The SMILES string of the molecule is CC(O)C(N)C(=O)O.CCCCCCCC/C=C\CCCCCCC[C](=O)[Na]. The van der Waals surface area contributed by atoms with Gasteiger partial charge in [0.15, 0.2) is 0 Å². The van der Waals surface area contributed by atoms with Gasteiger partial charge >= 0.3 is 112 Å². The van der Waals surface area contributed by atoms with Crippen LogP contribution in [0.4, 0.5) is 0 Å². The van der Waals surface area contributed by atoms with E-state index in [1.165, 1.54) is 84.0 Å². The first kappa shape index (κ1) is 30.0. The zero-order valence-corrected chi connectivity index (χ0v) is 20.5. The normalized spacial score (nSPS) is 13.1. The Balaban J connectivity index is 0. The third-order valence-electron chi connectivity index (χ3n) is 4.60. The van der Waals surface area contributed by atoms with Gasteiger partial charge in [-0.25, -0.2) is 0 Å². The number of aliphatic hydroxyl groups is 1. The van der Waals surface area contributed by atoms with Gasteiger partial charge in [-0.15, -0.1) is 0 Å². The van der Waals surface area contributed by atoms with Crippen molar-refractivity contribution in [3.8, 4) is 0 Å². The van der Waals surface area contributed by atoms with Gasteiger partial charge in [-0.2, -0.15) is 0 Å². The number of hydrogen-bond acceptors (Lipinski definition) is 4. The molecule has 0 rings (SSSR count). The molecule has 0 aromatic rings. The number of carbonyl (C=O) groups is 2. The Bertz CT molecular complexity index is 400. The van der Waals surface area contributed by atoms with E-state index in [4.69, 9.17) is 15.9 Å². The van der Waals surface area contributed by atoms with Crippen LogP contribution < -0.4 is 5.73 Å². The number of hydrogen-bond donors (Lipinski definition) is 3. The molecule has 0 heterocycles. The molecular weight excluding hydrogens is 365 g/mol. The van der Waals surface area contributed by atoms with Crippen molar-refractivity contribution in [3.05, 3.63) is 12.2 Å². The fourth-order valence-corrected chi connectivity index (χ4v) is 3.00. The Kier molecular flexibility index (Phi) is 24.7. The second-order valence-electron chi connectivity index (χ2n) is 7.64. The van der Waals surface area contributed by atoms with Crippen LogP contribution in [0.15, 0.2) is 12.2 Å². The zero-order chi connectivity index (χ0) is 21.6. The first-order valence-corrected chi connectivity index (χ1v) is 12.1. The molecule has 0 radical (unpaired) electrons. The summed E-state index contributed by atoms with van der Waals surface area (Å²) in [5, 5.41) is 16.6. The Labute approximate surface area is 190 Å². The van der Waals surface area contributed by atoms with Crippen molar-refractivity contribution in [3.63, 3.8) is 0 Å². The van der Waals surface area contributed by atoms with E-state index in [0.717, 1.165) is 40.8 Å². The van der Waals surface area contributed by atoms with E-state index in [9.17, 15) is 9.59 Å². The van der Waals surface area contributed by atoms with Crippen LogP contribution in [0.25, 0.3) is 0 Å². The maximum atomic E-state index is 10.8. The molecule has 0 aliphatic rings. The molecular formula is C22H42NNaO4. The molecule has 0 bridgehead atoms. The van der Waals surface area contributed by atoms with Gasteiger partial charge in [0.1, 0.15) is 6.04 Å². The molecule has 2 atom stereocenters. The van der Waals surface area contributed by atoms with Crippen LogP contribution in [0.2, 0.25) is 0 Å². The average molecular weight is 408 g/mol. The molecule has 2 unspecified atom stereocenters. The van der Waals surface area contributed by atoms with Gasteiger partial charge in [-0.05, 0) is 6.92 Å². The molecule has 0 aromatic heterocycles. The molecule has 0 saturated heterocycles.